The summed E-state index contributed by atoms with van der Waals surface area (Å²) in [4.78, 5) is 11.5. The Hall–Kier alpha value is -0.380. The average molecular weight is 246 g/mol. The third-order valence-corrected chi connectivity index (χ3v) is 4.31. The molecule has 0 heterocycles. The molecule has 0 radical (unpaired) electrons. The maximum absolute atomic E-state index is 11.5. The molecule has 0 aromatic carbocycles. The van der Waals surface area contributed by atoms with Gasteiger partial charge in [-0.25, -0.2) is 8.42 Å². The van der Waals surface area contributed by atoms with Crippen LogP contribution in [0.3, 0.4) is 0 Å². The zero-order valence-corrected chi connectivity index (χ0v) is 10.9. The standard InChI is InChI=1S/C12H22O3S/c1-16(14,15)10-4-7-12(13)9-8-11-5-2-3-6-11/h11H,2-10H2,1H3. The van der Waals surface area contributed by atoms with Gasteiger partial charge in [-0.1, -0.05) is 25.7 Å². The maximum Gasteiger partial charge on any atom is 0.147 e. The molecule has 1 saturated carbocycles. The van der Waals surface area contributed by atoms with Crippen LogP contribution in [0.1, 0.15) is 51.4 Å². The minimum atomic E-state index is -2.90. The summed E-state index contributed by atoms with van der Waals surface area (Å²) in [5.41, 5.74) is 0. The van der Waals surface area contributed by atoms with E-state index in [1.165, 1.54) is 31.9 Å². The van der Waals surface area contributed by atoms with Gasteiger partial charge < -0.3 is 0 Å². The molecule has 1 aliphatic carbocycles. The highest BCUT2D eigenvalue weighted by molar-refractivity contribution is 7.90. The second-order valence-corrected chi connectivity index (χ2v) is 7.22. The van der Waals surface area contributed by atoms with Crippen molar-refractivity contribution in [3.05, 3.63) is 0 Å². The maximum atomic E-state index is 11.5. The Bertz CT molecular complexity index is 313. The number of ketones is 1. The molecule has 0 spiro atoms. The van der Waals surface area contributed by atoms with Crippen LogP contribution in [0.5, 0.6) is 0 Å². The summed E-state index contributed by atoms with van der Waals surface area (Å²) in [6.07, 6.45) is 8.97. The topological polar surface area (TPSA) is 51.2 Å². The van der Waals surface area contributed by atoms with Gasteiger partial charge in [0, 0.05) is 19.1 Å². The summed E-state index contributed by atoms with van der Waals surface area (Å²) in [5, 5.41) is 0. The van der Waals surface area contributed by atoms with E-state index in [1.54, 1.807) is 0 Å². The summed E-state index contributed by atoms with van der Waals surface area (Å²) in [6, 6.07) is 0. The number of carbonyl (C=O) groups is 1. The van der Waals surface area contributed by atoms with E-state index in [-0.39, 0.29) is 11.5 Å². The van der Waals surface area contributed by atoms with Crippen LogP contribution in [0.2, 0.25) is 0 Å². The van der Waals surface area contributed by atoms with Crippen LogP contribution in [0, 0.1) is 5.92 Å². The Morgan fingerprint density at radius 3 is 2.38 bits per heavy atom. The fourth-order valence-corrected chi connectivity index (χ4v) is 2.99. The highest BCUT2D eigenvalue weighted by Crippen LogP contribution is 2.28. The molecule has 0 atom stereocenters. The van der Waals surface area contributed by atoms with E-state index in [1.807, 2.05) is 0 Å². The van der Waals surface area contributed by atoms with Crippen molar-refractivity contribution >= 4 is 15.6 Å². The monoisotopic (exact) mass is 246 g/mol. The van der Waals surface area contributed by atoms with Gasteiger partial charge in [-0.15, -0.1) is 0 Å². The van der Waals surface area contributed by atoms with E-state index in [2.05, 4.69) is 0 Å². The van der Waals surface area contributed by atoms with Gasteiger partial charge >= 0.3 is 0 Å². The van der Waals surface area contributed by atoms with Crippen molar-refractivity contribution in [3.63, 3.8) is 0 Å². The minimum absolute atomic E-state index is 0.141. The van der Waals surface area contributed by atoms with Crippen molar-refractivity contribution in [1.29, 1.82) is 0 Å². The number of sulfone groups is 1. The minimum Gasteiger partial charge on any atom is -0.300 e. The molecule has 0 unspecified atom stereocenters. The summed E-state index contributed by atoms with van der Waals surface area (Å²) >= 11 is 0. The fraction of sp³-hybridized carbons (Fsp3) is 0.917. The van der Waals surface area contributed by atoms with Gasteiger partial charge in [-0.2, -0.15) is 0 Å². The molecule has 0 aliphatic heterocycles. The molecule has 0 aromatic heterocycles. The third kappa shape index (κ3) is 6.26. The number of hydrogen-bond acceptors (Lipinski definition) is 3. The van der Waals surface area contributed by atoms with Crippen molar-refractivity contribution in [2.24, 2.45) is 5.92 Å². The lowest BCUT2D eigenvalue weighted by Crippen LogP contribution is -2.07. The second-order valence-electron chi connectivity index (χ2n) is 4.96. The highest BCUT2D eigenvalue weighted by Gasteiger charge is 2.16. The Labute approximate surface area is 98.5 Å². The van der Waals surface area contributed by atoms with E-state index in [0.29, 0.717) is 19.3 Å². The number of hydrogen-bond donors (Lipinski definition) is 0. The van der Waals surface area contributed by atoms with Gasteiger partial charge in [-0.3, -0.25) is 4.79 Å². The first-order chi connectivity index (χ1) is 7.47. The van der Waals surface area contributed by atoms with Gasteiger partial charge in [0.1, 0.15) is 15.6 Å². The van der Waals surface area contributed by atoms with Crippen LogP contribution in [0.4, 0.5) is 0 Å². The first kappa shape index (κ1) is 13.7. The van der Waals surface area contributed by atoms with Crippen molar-refractivity contribution < 1.29 is 13.2 Å². The predicted molar refractivity (Wildman–Crippen MR) is 65.1 cm³/mol. The smallest absolute Gasteiger partial charge is 0.147 e. The zero-order chi connectivity index (χ0) is 12.0. The van der Waals surface area contributed by atoms with E-state index in [0.717, 1.165) is 12.3 Å². The molecule has 0 aromatic rings. The molecule has 0 amide bonds. The molecule has 0 saturated heterocycles. The largest absolute Gasteiger partial charge is 0.300 e. The van der Waals surface area contributed by atoms with Crippen LogP contribution in [-0.4, -0.2) is 26.2 Å². The van der Waals surface area contributed by atoms with E-state index >= 15 is 0 Å². The molecular weight excluding hydrogens is 224 g/mol. The number of Topliss-reactive ketones (excluding diaryl/α,β-unsaturated/α-hetero) is 1. The normalized spacial score (nSPS) is 17.8. The molecule has 1 aliphatic rings. The van der Waals surface area contributed by atoms with Crippen molar-refractivity contribution in [3.8, 4) is 0 Å². The number of carbonyl (C=O) groups excluding carboxylic acids is 1. The molecular formula is C12H22O3S. The van der Waals surface area contributed by atoms with Crippen LogP contribution in [0.15, 0.2) is 0 Å². The van der Waals surface area contributed by atoms with Crippen LogP contribution in [0.25, 0.3) is 0 Å². The van der Waals surface area contributed by atoms with Crippen LogP contribution in [-0.2, 0) is 14.6 Å². The zero-order valence-electron chi connectivity index (χ0n) is 10.1. The van der Waals surface area contributed by atoms with Crippen LogP contribution >= 0.6 is 0 Å². The molecule has 0 N–H and O–H groups in total. The third-order valence-electron chi connectivity index (χ3n) is 3.28. The lowest BCUT2D eigenvalue weighted by Gasteiger charge is -2.07. The van der Waals surface area contributed by atoms with E-state index < -0.39 is 9.84 Å². The first-order valence-electron chi connectivity index (χ1n) is 6.17. The Morgan fingerprint density at radius 1 is 1.19 bits per heavy atom. The fourth-order valence-electron chi connectivity index (χ4n) is 2.32. The van der Waals surface area contributed by atoms with Gasteiger partial charge in [0.25, 0.3) is 0 Å². The van der Waals surface area contributed by atoms with E-state index in [9.17, 15) is 13.2 Å². The van der Waals surface area contributed by atoms with Gasteiger partial charge in [-0.05, 0) is 18.8 Å². The molecule has 16 heavy (non-hydrogen) atoms. The molecule has 3 nitrogen and oxygen atoms in total. The quantitative estimate of drug-likeness (QED) is 0.693. The van der Waals surface area contributed by atoms with Gasteiger partial charge in [0.15, 0.2) is 0 Å². The molecule has 94 valence electrons. The second kappa shape index (κ2) is 6.38. The summed E-state index contributed by atoms with van der Waals surface area (Å²) in [6.45, 7) is 0. The van der Waals surface area contributed by atoms with E-state index in [4.69, 9.17) is 0 Å². The van der Waals surface area contributed by atoms with Crippen molar-refractivity contribution in [2.75, 3.05) is 12.0 Å². The summed E-state index contributed by atoms with van der Waals surface area (Å²) in [5.74, 6) is 1.12. The molecule has 1 rings (SSSR count). The van der Waals surface area contributed by atoms with Crippen LogP contribution < -0.4 is 0 Å². The SMILES string of the molecule is CS(=O)(=O)CCCC(=O)CCC1CCCC1. The Balaban J connectivity index is 2.06. The average Bonchev–Trinajstić information content (AvgIpc) is 2.65. The van der Waals surface area contributed by atoms with Gasteiger partial charge in [0.05, 0.1) is 5.75 Å². The molecule has 1 fully saturated rings. The Morgan fingerprint density at radius 2 is 1.81 bits per heavy atom. The van der Waals surface area contributed by atoms with Crippen molar-refractivity contribution in [2.45, 2.75) is 51.4 Å². The summed E-state index contributed by atoms with van der Waals surface area (Å²) < 4.78 is 21.7. The summed E-state index contributed by atoms with van der Waals surface area (Å²) in [7, 11) is -2.90. The Kier molecular flexibility index (Phi) is 5.46. The predicted octanol–water partition coefficient (Wildman–Crippen LogP) is 2.35. The highest BCUT2D eigenvalue weighted by atomic mass is 32.2. The first-order valence-corrected chi connectivity index (χ1v) is 8.23. The lowest BCUT2D eigenvalue weighted by molar-refractivity contribution is -0.119. The molecule has 0 bridgehead atoms. The number of rotatable bonds is 7. The van der Waals surface area contributed by atoms with Gasteiger partial charge in [0.2, 0.25) is 0 Å². The van der Waals surface area contributed by atoms with Crippen molar-refractivity contribution in [1.82, 2.24) is 0 Å². The molecule has 4 heteroatoms. The lowest BCUT2D eigenvalue weighted by atomic mass is 9.99.